The molecule has 4 rings (SSSR count). The fourth-order valence-corrected chi connectivity index (χ4v) is 5.19. The number of unbranched alkanes of at least 4 members (excludes halogenated alkanes) is 2. The van der Waals surface area contributed by atoms with Gasteiger partial charge in [0.1, 0.15) is 0 Å². The number of benzene rings is 2. The Bertz CT molecular complexity index is 1170. The number of nitrogens with zero attached hydrogens (tertiary/aromatic N) is 1. The van der Waals surface area contributed by atoms with Crippen molar-refractivity contribution in [3.63, 3.8) is 0 Å². The largest absolute Gasteiger partial charge is 0.481 e. The monoisotopic (exact) mass is 531 g/mol. The molecule has 0 bridgehead atoms. The van der Waals surface area contributed by atoms with Gasteiger partial charge in [0.15, 0.2) is 0 Å². The maximum atomic E-state index is 13.0. The number of aryl methyl sites for hydroxylation is 1. The van der Waals surface area contributed by atoms with E-state index >= 15 is 0 Å². The normalized spacial score (nSPS) is 16.2. The number of carboxylic acid groups (broad SMARTS) is 1. The highest BCUT2D eigenvalue weighted by atomic mass is 16.4. The lowest BCUT2D eigenvalue weighted by Gasteiger charge is -2.23. The van der Waals surface area contributed by atoms with Crippen LogP contribution in [-0.2, 0) is 16.0 Å². The number of anilines is 1. The van der Waals surface area contributed by atoms with Crippen molar-refractivity contribution in [2.24, 2.45) is 5.92 Å². The summed E-state index contributed by atoms with van der Waals surface area (Å²) in [6, 6.07) is 14.1. The van der Waals surface area contributed by atoms with Gasteiger partial charge in [0, 0.05) is 43.4 Å². The van der Waals surface area contributed by atoms with Crippen LogP contribution in [0, 0.1) is 5.92 Å². The van der Waals surface area contributed by atoms with E-state index in [1.165, 1.54) is 36.6 Å². The van der Waals surface area contributed by atoms with Gasteiger partial charge in [-0.15, -0.1) is 0 Å². The molecule has 1 atom stereocenters. The van der Waals surface area contributed by atoms with E-state index in [9.17, 15) is 14.4 Å². The van der Waals surface area contributed by atoms with Gasteiger partial charge in [0.2, 0.25) is 5.91 Å². The summed E-state index contributed by atoms with van der Waals surface area (Å²) >= 11 is 0. The van der Waals surface area contributed by atoms with Crippen molar-refractivity contribution in [2.45, 2.75) is 70.8 Å². The van der Waals surface area contributed by atoms with Gasteiger partial charge in [0.25, 0.3) is 5.91 Å². The Morgan fingerprint density at radius 3 is 2.54 bits per heavy atom. The number of amides is 2. The molecule has 7 nitrogen and oxygen atoms in total. The number of hydrogen-bond donors (Lipinski definition) is 3. The molecule has 0 radical (unpaired) electrons. The minimum atomic E-state index is -0.784. The average molecular weight is 532 g/mol. The predicted molar refractivity (Wildman–Crippen MR) is 155 cm³/mol. The van der Waals surface area contributed by atoms with Gasteiger partial charge < -0.3 is 20.6 Å². The van der Waals surface area contributed by atoms with Crippen LogP contribution in [0.25, 0.3) is 6.08 Å². The molecule has 0 heterocycles. The fraction of sp³-hybridized carbons (Fsp3) is 0.469. The molecule has 1 saturated carbocycles. The van der Waals surface area contributed by atoms with Crippen molar-refractivity contribution in [2.75, 3.05) is 24.5 Å². The summed E-state index contributed by atoms with van der Waals surface area (Å²) in [7, 11) is 0. The molecule has 0 aliphatic heterocycles. The number of fused-ring (bicyclic) bond motifs is 1. The first-order chi connectivity index (χ1) is 18.9. The van der Waals surface area contributed by atoms with Crippen LogP contribution in [0.15, 0.2) is 48.5 Å². The third-order valence-electron chi connectivity index (χ3n) is 7.72. The summed E-state index contributed by atoms with van der Waals surface area (Å²) in [5, 5.41) is 14.7. The summed E-state index contributed by atoms with van der Waals surface area (Å²) in [6.07, 6.45) is 11.4. The first kappa shape index (κ1) is 28.4. The Hall–Kier alpha value is -3.61. The Balaban J connectivity index is 1.25. The van der Waals surface area contributed by atoms with E-state index in [2.05, 4.69) is 46.7 Å². The molecular weight excluding hydrogens is 490 g/mol. The van der Waals surface area contributed by atoms with Crippen LogP contribution in [-0.4, -0.2) is 42.5 Å². The van der Waals surface area contributed by atoms with Crippen LogP contribution >= 0.6 is 0 Å². The first-order valence-electron chi connectivity index (χ1n) is 14.4. The fourth-order valence-electron chi connectivity index (χ4n) is 5.19. The number of carboxylic acids is 1. The van der Waals surface area contributed by atoms with E-state index < -0.39 is 5.97 Å². The zero-order chi connectivity index (χ0) is 27.6. The van der Waals surface area contributed by atoms with E-state index in [1.54, 1.807) is 6.08 Å². The highest BCUT2D eigenvalue weighted by molar-refractivity contribution is 5.95. The van der Waals surface area contributed by atoms with Gasteiger partial charge in [0.05, 0.1) is 6.04 Å². The maximum Gasteiger partial charge on any atom is 0.303 e. The molecule has 3 N–H and O–H groups in total. The highest BCUT2D eigenvalue weighted by Gasteiger charge is 2.25. The third-order valence-corrected chi connectivity index (χ3v) is 7.72. The van der Waals surface area contributed by atoms with E-state index in [-0.39, 0.29) is 24.3 Å². The smallest absolute Gasteiger partial charge is 0.303 e. The molecule has 0 spiro atoms. The molecule has 39 heavy (non-hydrogen) atoms. The van der Waals surface area contributed by atoms with E-state index in [1.807, 2.05) is 18.2 Å². The highest BCUT2D eigenvalue weighted by Crippen LogP contribution is 2.34. The number of carbonyl (C=O) groups excluding carboxylic acids is 2. The topological polar surface area (TPSA) is 98.7 Å². The molecule has 2 aromatic rings. The number of nitrogens with one attached hydrogen (secondary N) is 2. The lowest BCUT2D eigenvalue weighted by molar-refractivity contribution is -0.137. The Kier molecular flexibility index (Phi) is 10.2. The van der Waals surface area contributed by atoms with E-state index in [4.69, 9.17) is 5.11 Å². The summed E-state index contributed by atoms with van der Waals surface area (Å²) in [6.45, 7) is 4.75. The average Bonchev–Trinajstić information content (AvgIpc) is 3.69. The standard InChI is InChI=1S/C32H41N3O4/c1-2-35(21-19-23-7-8-23)27-14-11-25(12-15-27)32(39)34-29-17-13-26-22-24(9-16-28(26)29)10-18-30(36)33-20-5-3-4-6-31(37)38/h9-12,14-16,18,22-23,29H,2-8,13,17,19-21H2,1H3,(H,33,36)(H,34,39)(H,37,38)/b18-10+. The maximum absolute atomic E-state index is 13.0. The van der Waals surface area contributed by atoms with Crippen molar-refractivity contribution in [1.82, 2.24) is 10.6 Å². The lowest BCUT2D eigenvalue weighted by atomic mass is 10.0. The third kappa shape index (κ3) is 8.70. The molecule has 1 unspecified atom stereocenters. The van der Waals surface area contributed by atoms with Crippen LogP contribution in [0.2, 0.25) is 0 Å². The van der Waals surface area contributed by atoms with Crippen LogP contribution in [0.4, 0.5) is 5.69 Å². The second-order valence-corrected chi connectivity index (χ2v) is 10.7. The number of rotatable bonds is 15. The lowest BCUT2D eigenvalue weighted by Crippen LogP contribution is -2.27. The minimum Gasteiger partial charge on any atom is -0.481 e. The molecule has 7 heteroatoms. The summed E-state index contributed by atoms with van der Waals surface area (Å²) in [5.74, 6) is -0.0872. The second kappa shape index (κ2) is 14.0. The van der Waals surface area contributed by atoms with Crippen LogP contribution < -0.4 is 15.5 Å². The molecule has 1 fully saturated rings. The SMILES string of the molecule is CCN(CCC1CC1)c1ccc(C(=O)NC2CCc3cc(/C=C/C(=O)NCCCCCC(=O)O)ccc32)cc1. The Morgan fingerprint density at radius 2 is 1.82 bits per heavy atom. The Morgan fingerprint density at radius 1 is 1.03 bits per heavy atom. The predicted octanol–water partition coefficient (Wildman–Crippen LogP) is 5.50. The molecule has 0 aromatic heterocycles. The number of carbonyl (C=O) groups is 3. The molecule has 2 amide bonds. The zero-order valence-corrected chi connectivity index (χ0v) is 23.0. The van der Waals surface area contributed by atoms with Crippen molar-refractivity contribution in [1.29, 1.82) is 0 Å². The molecule has 208 valence electrons. The summed E-state index contributed by atoms with van der Waals surface area (Å²) in [4.78, 5) is 38.0. The van der Waals surface area contributed by atoms with Gasteiger partial charge >= 0.3 is 5.97 Å². The van der Waals surface area contributed by atoms with Crippen molar-refractivity contribution in [3.8, 4) is 0 Å². The molecule has 2 aliphatic carbocycles. The first-order valence-corrected chi connectivity index (χ1v) is 14.4. The van der Waals surface area contributed by atoms with Gasteiger partial charge in [-0.05, 0) is 92.0 Å². The van der Waals surface area contributed by atoms with E-state index in [0.717, 1.165) is 55.8 Å². The van der Waals surface area contributed by atoms with Crippen LogP contribution in [0.3, 0.4) is 0 Å². The van der Waals surface area contributed by atoms with Gasteiger partial charge in [-0.2, -0.15) is 0 Å². The summed E-state index contributed by atoms with van der Waals surface area (Å²) < 4.78 is 0. The van der Waals surface area contributed by atoms with Gasteiger partial charge in [-0.3, -0.25) is 14.4 Å². The molecular formula is C32H41N3O4. The minimum absolute atomic E-state index is 0.0136. The summed E-state index contributed by atoms with van der Waals surface area (Å²) in [5.41, 5.74) is 5.14. The molecule has 0 saturated heterocycles. The quantitative estimate of drug-likeness (QED) is 0.208. The van der Waals surface area contributed by atoms with E-state index in [0.29, 0.717) is 18.5 Å². The Labute approximate surface area is 231 Å². The van der Waals surface area contributed by atoms with Gasteiger partial charge in [-0.25, -0.2) is 0 Å². The van der Waals surface area contributed by atoms with Crippen molar-refractivity contribution in [3.05, 3.63) is 70.8 Å². The number of aliphatic carboxylic acids is 1. The zero-order valence-electron chi connectivity index (χ0n) is 23.0. The molecule has 2 aliphatic rings. The molecule has 2 aromatic carbocycles. The van der Waals surface area contributed by atoms with Crippen molar-refractivity contribution < 1.29 is 19.5 Å². The number of hydrogen-bond acceptors (Lipinski definition) is 4. The van der Waals surface area contributed by atoms with Crippen LogP contribution in [0.5, 0.6) is 0 Å². The van der Waals surface area contributed by atoms with Gasteiger partial charge in [-0.1, -0.05) is 37.5 Å². The van der Waals surface area contributed by atoms with Crippen LogP contribution in [0.1, 0.15) is 91.4 Å². The second-order valence-electron chi connectivity index (χ2n) is 10.7. The van der Waals surface area contributed by atoms with Crippen molar-refractivity contribution >= 4 is 29.5 Å².